The molecule has 4 fully saturated rings. The van der Waals surface area contributed by atoms with Gasteiger partial charge < -0.3 is 9.64 Å². The van der Waals surface area contributed by atoms with Crippen molar-refractivity contribution in [3.63, 3.8) is 0 Å². The van der Waals surface area contributed by atoms with Crippen LogP contribution in [0.3, 0.4) is 0 Å². The maximum atomic E-state index is 13.6. The minimum atomic E-state index is -0.990. The summed E-state index contributed by atoms with van der Waals surface area (Å²) in [6.45, 7) is 3.83. The molecule has 0 radical (unpaired) electrons. The molecular formula is C26H24N2O5S. The van der Waals surface area contributed by atoms with Crippen molar-refractivity contribution in [3.05, 3.63) is 71.8 Å². The molecule has 2 aromatic rings. The lowest BCUT2D eigenvalue weighted by Crippen LogP contribution is -2.67. The molecular weight excluding hydrogens is 452 g/mol. The molecule has 5 atom stereocenters. The van der Waals surface area contributed by atoms with Crippen LogP contribution in [0.4, 0.5) is 0 Å². The molecule has 2 aromatic carbocycles. The van der Waals surface area contributed by atoms with E-state index < -0.39 is 40.1 Å². The monoisotopic (exact) mass is 476 g/mol. The number of carbonyl (C=O) groups is 4. The molecule has 3 heterocycles. The maximum Gasteiger partial charge on any atom is 0.331 e. The highest BCUT2D eigenvalue weighted by atomic mass is 32.2. The molecule has 3 amide bonds. The van der Waals surface area contributed by atoms with Gasteiger partial charge in [0.25, 0.3) is 0 Å². The van der Waals surface area contributed by atoms with Crippen molar-refractivity contribution in [1.29, 1.82) is 0 Å². The molecule has 34 heavy (non-hydrogen) atoms. The van der Waals surface area contributed by atoms with Crippen molar-refractivity contribution in [2.45, 2.75) is 36.1 Å². The Morgan fingerprint density at radius 3 is 1.91 bits per heavy atom. The van der Waals surface area contributed by atoms with Crippen molar-refractivity contribution >= 4 is 35.5 Å². The first-order valence-electron chi connectivity index (χ1n) is 11.3. The van der Waals surface area contributed by atoms with E-state index in [2.05, 4.69) is 0 Å². The number of hydrogen-bond donors (Lipinski definition) is 0. The van der Waals surface area contributed by atoms with Gasteiger partial charge in [0.2, 0.25) is 17.7 Å². The molecule has 174 valence electrons. The average molecular weight is 477 g/mol. The number of carbonyl (C=O) groups excluding carboxylic acids is 4. The van der Waals surface area contributed by atoms with Crippen molar-refractivity contribution < 1.29 is 23.9 Å². The molecule has 3 saturated heterocycles. The summed E-state index contributed by atoms with van der Waals surface area (Å²) >= 11 is 1.49. The minimum absolute atomic E-state index is 0.279. The smallest absolute Gasteiger partial charge is 0.331 e. The molecule has 0 N–H and O–H groups in total. The SMILES string of the molecule is CN1C(=O)[C@@H]2[C@H](C1=O)C21C(=O)N2[C@@H](C(=O)OC(c3ccccc3)c3ccccc3)C(C)(C)S[C@@H]21. The highest BCUT2D eigenvalue weighted by Crippen LogP contribution is 2.77. The zero-order chi connectivity index (χ0) is 24.0. The molecule has 6 rings (SSSR count). The first-order chi connectivity index (χ1) is 16.2. The fraction of sp³-hybridized carbons (Fsp3) is 0.385. The van der Waals surface area contributed by atoms with Crippen LogP contribution in [0.5, 0.6) is 0 Å². The summed E-state index contributed by atoms with van der Waals surface area (Å²) in [6, 6.07) is 18.2. The normalized spacial score (nSPS) is 32.6. The summed E-state index contributed by atoms with van der Waals surface area (Å²) < 4.78 is 5.47. The molecule has 3 aliphatic heterocycles. The Hall–Kier alpha value is -3.13. The number of benzene rings is 2. The first-order valence-corrected chi connectivity index (χ1v) is 12.2. The predicted molar refractivity (Wildman–Crippen MR) is 124 cm³/mol. The van der Waals surface area contributed by atoms with Crippen LogP contribution in [0.15, 0.2) is 60.7 Å². The van der Waals surface area contributed by atoms with Crippen molar-refractivity contribution in [3.8, 4) is 0 Å². The van der Waals surface area contributed by atoms with Gasteiger partial charge in [-0.25, -0.2) is 4.79 Å². The summed E-state index contributed by atoms with van der Waals surface area (Å²) in [5.41, 5.74) is 0.685. The molecule has 4 aliphatic rings. The second-order valence-corrected chi connectivity index (χ2v) is 11.7. The van der Waals surface area contributed by atoms with E-state index in [9.17, 15) is 19.2 Å². The van der Waals surface area contributed by atoms with Crippen LogP contribution in [0.25, 0.3) is 0 Å². The Morgan fingerprint density at radius 2 is 1.41 bits per heavy atom. The van der Waals surface area contributed by atoms with Gasteiger partial charge in [-0.1, -0.05) is 60.7 Å². The fourth-order valence-corrected chi connectivity index (χ4v) is 7.89. The summed E-state index contributed by atoms with van der Waals surface area (Å²) in [4.78, 5) is 54.9. The Bertz CT molecular complexity index is 1170. The van der Waals surface area contributed by atoms with Crippen LogP contribution >= 0.6 is 11.8 Å². The van der Waals surface area contributed by atoms with Gasteiger partial charge in [-0.05, 0) is 25.0 Å². The quantitative estimate of drug-likeness (QED) is 0.383. The summed E-state index contributed by atoms with van der Waals surface area (Å²) in [5.74, 6) is -2.54. The molecule has 1 spiro atoms. The predicted octanol–water partition coefficient (Wildman–Crippen LogP) is 2.61. The van der Waals surface area contributed by atoms with Gasteiger partial charge >= 0.3 is 5.97 Å². The first kappa shape index (κ1) is 21.4. The van der Waals surface area contributed by atoms with Crippen LogP contribution in [0.2, 0.25) is 0 Å². The number of ether oxygens (including phenoxy) is 1. The molecule has 1 aliphatic carbocycles. The third-order valence-corrected chi connectivity index (χ3v) is 9.40. The number of imide groups is 1. The second kappa shape index (κ2) is 6.95. The van der Waals surface area contributed by atoms with E-state index in [1.807, 2.05) is 74.5 Å². The standard InChI is InChI=1S/C26H24N2O5S/c1-25(2)19(22(31)33-18(14-10-6-4-7-11-14)15-12-8-5-9-13-15)28-23(32)26(24(28)34-25)16-17(26)21(30)27(3)20(16)29/h4-13,16-19,24H,1-3H3/t16-,17+,19-,24+,26?/m0/s1. The summed E-state index contributed by atoms with van der Waals surface area (Å²) in [5, 5.41) is -0.379. The summed E-state index contributed by atoms with van der Waals surface area (Å²) in [6.07, 6.45) is -0.614. The Kier molecular flexibility index (Phi) is 4.37. The van der Waals surface area contributed by atoms with Gasteiger partial charge in [-0.15, -0.1) is 11.8 Å². The maximum absolute atomic E-state index is 13.6. The summed E-state index contributed by atoms with van der Waals surface area (Å²) in [7, 11) is 1.46. The molecule has 1 saturated carbocycles. The Morgan fingerprint density at radius 1 is 0.912 bits per heavy atom. The minimum Gasteiger partial charge on any atom is -0.451 e. The van der Waals surface area contributed by atoms with E-state index in [0.717, 1.165) is 16.0 Å². The number of esters is 1. The zero-order valence-corrected chi connectivity index (χ0v) is 19.8. The lowest BCUT2D eigenvalue weighted by molar-refractivity contribution is -0.174. The largest absolute Gasteiger partial charge is 0.451 e. The Balaban J connectivity index is 1.30. The van der Waals surface area contributed by atoms with Gasteiger partial charge in [-0.3, -0.25) is 19.3 Å². The number of likely N-dealkylation sites (tertiary alicyclic amines) is 1. The average Bonchev–Trinajstić information content (AvgIpc) is 3.43. The molecule has 8 heteroatoms. The fourth-order valence-electron chi connectivity index (χ4n) is 6.06. The number of nitrogens with zero attached hydrogens (tertiary/aromatic N) is 2. The number of β-lactam (4-membered cyclic amide) rings is 1. The van der Waals surface area contributed by atoms with Crippen LogP contribution in [-0.2, 0) is 23.9 Å². The van der Waals surface area contributed by atoms with Gasteiger partial charge in [0.05, 0.1) is 17.2 Å². The lowest BCUT2D eigenvalue weighted by atomic mass is 9.84. The van der Waals surface area contributed by atoms with Crippen molar-refractivity contribution in [1.82, 2.24) is 9.80 Å². The highest BCUT2D eigenvalue weighted by Gasteiger charge is 2.91. The third-order valence-electron chi connectivity index (χ3n) is 7.73. The zero-order valence-electron chi connectivity index (χ0n) is 19.0. The van der Waals surface area contributed by atoms with Crippen LogP contribution < -0.4 is 0 Å². The molecule has 0 aromatic heterocycles. The van der Waals surface area contributed by atoms with E-state index in [-0.39, 0.29) is 23.1 Å². The van der Waals surface area contributed by atoms with E-state index in [4.69, 9.17) is 4.74 Å². The van der Waals surface area contributed by atoms with Gasteiger partial charge in [-0.2, -0.15) is 0 Å². The number of fused-ring (bicyclic) bond motifs is 5. The molecule has 1 unspecified atom stereocenters. The van der Waals surface area contributed by atoms with Crippen LogP contribution in [0, 0.1) is 17.3 Å². The third kappa shape index (κ3) is 2.54. The van der Waals surface area contributed by atoms with Gasteiger partial charge in [0, 0.05) is 11.8 Å². The van der Waals surface area contributed by atoms with Gasteiger partial charge in [0.15, 0.2) is 6.10 Å². The van der Waals surface area contributed by atoms with Crippen molar-refractivity contribution in [2.24, 2.45) is 17.3 Å². The van der Waals surface area contributed by atoms with E-state index in [1.165, 1.54) is 18.8 Å². The highest BCUT2D eigenvalue weighted by molar-refractivity contribution is 8.01. The topological polar surface area (TPSA) is 84.0 Å². The lowest BCUT2D eigenvalue weighted by Gasteiger charge is -2.46. The number of amides is 3. The number of hydrogen-bond acceptors (Lipinski definition) is 6. The molecule has 7 nitrogen and oxygen atoms in total. The van der Waals surface area contributed by atoms with Crippen LogP contribution in [-0.4, -0.2) is 56.7 Å². The molecule has 0 bridgehead atoms. The Labute approximate surface area is 201 Å². The van der Waals surface area contributed by atoms with Crippen LogP contribution in [0.1, 0.15) is 31.1 Å². The van der Waals surface area contributed by atoms with Crippen molar-refractivity contribution in [2.75, 3.05) is 7.05 Å². The number of thioether (sulfide) groups is 1. The van der Waals surface area contributed by atoms with E-state index in [1.54, 1.807) is 4.90 Å². The number of rotatable bonds is 4. The second-order valence-electron chi connectivity index (χ2n) is 9.95. The van der Waals surface area contributed by atoms with E-state index >= 15 is 0 Å². The number of piperidine rings is 1. The van der Waals surface area contributed by atoms with Gasteiger partial charge in [0.1, 0.15) is 11.5 Å². The van der Waals surface area contributed by atoms with E-state index in [0.29, 0.717) is 0 Å².